The Bertz CT molecular complexity index is 387. The number of thiophene rings is 1. The molecular weight excluding hydrogens is 188 g/mol. The van der Waals surface area contributed by atoms with Gasteiger partial charge in [-0.15, -0.1) is 11.3 Å². The number of rotatable bonds is 3. The van der Waals surface area contributed by atoms with Crippen molar-refractivity contribution in [2.75, 3.05) is 0 Å². The van der Waals surface area contributed by atoms with Crippen molar-refractivity contribution in [2.24, 2.45) is 0 Å². The molecule has 71 valence electrons. The highest BCUT2D eigenvalue weighted by Crippen LogP contribution is 2.28. The van der Waals surface area contributed by atoms with Gasteiger partial charge in [-0.3, -0.25) is 0 Å². The third-order valence-corrected chi connectivity index (χ3v) is 3.35. The monoisotopic (exact) mass is 201 g/mol. The van der Waals surface area contributed by atoms with Crippen molar-refractivity contribution in [1.82, 2.24) is 0 Å². The average molecular weight is 201 g/mol. The Morgan fingerprint density at radius 3 is 2.64 bits per heavy atom. The molecule has 2 rings (SSSR count). The van der Waals surface area contributed by atoms with Crippen molar-refractivity contribution in [2.45, 2.75) is 19.8 Å². The lowest BCUT2D eigenvalue weighted by Gasteiger charge is -1.94. The Morgan fingerprint density at radius 2 is 1.93 bits per heavy atom. The Labute approximate surface area is 89.2 Å². The molecular formula is C13H13S. The van der Waals surface area contributed by atoms with Gasteiger partial charge in [0.1, 0.15) is 0 Å². The van der Waals surface area contributed by atoms with Gasteiger partial charge in [0.2, 0.25) is 0 Å². The maximum atomic E-state index is 3.04. The van der Waals surface area contributed by atoms with Crippen LogP contribution in [0.3, 0.4) is 0 Å². The topological polar surface area (TPSA) is 0 Å². The summed E-state index contributed by atoms with van der Waals surface area (Å²) in [6, 6.07) is 15.6. The molecule has 14 heavy (non-hydrogen) atoms. The number of hydrogen-bond donors (Lipinski definition) is 0. The summed E-state index contributed by atoms with van der Waals surface area (Å²) in [6.45, 7) is 2.22. The van der Waals surface area contributed by atoms with Crippen LogP contribution in [0.4, 0.5) is 0 Å². The second-order valence-corrected chi connectivity index (χ2v) is 4.47. The van der Waals surface area contributed by atoms with Gasteiger partial charge in [0.25, 0.3) is 0 Å². The minimum Gasteiger partial charge on any atom is -0.140 e. The van der Waals surface area contributed by atoms with Crippen LogP contribution in [0.25, 0.3) is 10.4 Å². The van der Waals surface area contributed by atoms with Gasteiger partial charge >= 0.3 is 0 Å². The lowest BCUT2D eigenvalue weighted by Crippen LogP contribution is -1.72. The predicted molar refractivity (Wildman–Crippen MR) is 62.6 cm³/mol. The van der Waals surface area contributed by atoms with Gasteiger partial charge in [-0.25, -0.2) is 0 Å². The van der Waals surface area contributed by atoms with Gasteiger partial charge in [0.15, 0.2) is 0 Å². The first-order valence-corrected chi connectivity index (χ1v) is 5.77. The summed E-state index contributed by atoms with van der Waals surface area (Å²) in [7, 11) is 0. The summed E-state index contributed by atoms with van der Waals surface area (Å²) in [5, 5.41) is 0. The first-order valence-electron chi connectivity index (χ1n) is 4.95. The normalized spacial score (nSPS) is 10.4. The van der Waals surface area contributed by atoms with Crippen molar-refractivity contribution in [3.63, 3.8) is 0 Å². The molecule has 1 aromatic carbocycles. The van der Waals surface area contributed by atoms with Crippen LogP contribution in [0, 0.1) is 6.07 Å². The molecule has 0 N–H and O–H groups in total. The van der Waals surface area contributed by atoms with Crippen LogP contribution in [0.2, 0.25) is 0 Å². The molecule has 0 aliphatic rings. The van der Waals surface area contributed by atoms with Gasteiger partial charge in [-0.05, 0) is 30.2 Å². The summed E-state index contributed by atoms with van der Waals surface area (Å²) >= 11 is 1.90. The quantitative estimate of drug-likeness (QED) is 0.699. The molecule has 0 bridgehead atoms. The highest BCUT2D eigenvalue weighted by molar-refractivity contribution is 7.15. The van der Waals surface area contributed by atoms with Gasteiger partial charge in [0.05, 0.1) is 0 Å². The third kappa shape index (κ3) is 2.05. The molecule has 0 amide bonds. The minimum absolute atomic E-state index is 1.20. The third-order valence-electron chi connectivity index (χ3n) is 2.16. The Balaban J connectivity index is 2.25. The van der Waals surface area contributed by atoms with E-state index in [1.165, 1.54) is 28.2 Å². The van der Waals surface area contributed by atoms with E-state index in [-0.39, 0.29) is 0 Å². The van der Waals surface area contributed by atoms with Gasteiger partial charge in [0, 0.05) is 9.75 Å². The highest BCUT2D eigenvalue weighted by atomic mass is 32.1. The lowest BCUT2D eigenvalue weighted by atomic mass is 10.2. The molecule has 0 spiro atoms. The zero-order valence-electron chi connectivity index (χ0n) is 8.29. The van der Waals surface area contributed by atoms with Crippen LogP contribution in [-0.2, 0) is 6.42 Å². The molecule has 1 heteroatoms. The van der Waals surface area contributed by atoms with E-state index in [0.29, 0.717) is 0 Å². The van der Waals surface area contributed by atoms with Gasteiger partial charge in [-0.2, -0.15) is 0 Å². The van der Waals surface area contributed by atoms with E-state index in [4.69, 9.17) is 0 Å². The van der Waals surface area contributed by atoms with Crippen LogP contribution >= 0.6 is 11.3 Å². The summed E-state index contributed by atoms with van der Waals surface area (Å²) in [6.07, 6.45) is 2.42. The van der Waals surface area contributed by atoms with Crippen LogP contribution in [0.1, 0.15) is 18.2 Å². The largest absolute Gasteiger partial charge is 0.140 e. The molecule has 1 heterocycles. The second kappa shape index (κ2) is 4.43. The van der Waals surface area contributed by atoms with Crippen LogP contribution in [0.5, 0.6) is 0 Å². The zero-order valence-corrected chi connectivity index (χ0v) is 9.10. The molecule has 0 aliphatic heterocycles. The van der Waals surface area contributed by atoms with E-state index in [2.05, 4.69) is 37.3 Å². The van der Waals surface area contributed by atoms with Crippen LogP contribution < -0.4 is 0 Å². The SMILES string of the molecule is CCCc1ccc(-c2cc[c]cc2)s1. The number of benzene rings is 1. The Hall–Kier alpha value is -1.08. The van der Waals surface area contributed by atoms with Gasteiger partial charge < -0.3 is 0 Å². The molecule has 1 aromatic heterocycles. The summed E-state index contributed by atoms with van der Waals surface area (Å²) in [5.41, 5.74) is 1.30. The van der Waals surface area contributed by atoms with Crippen LogP contribution in [-0.4, -0.2) is 0 Å². The van der Waals surface area contributed by atoms with Crippen LogP contribution in [0.15, 0.2) is 36.4 Å². The maximum Gasteiger partial charge on any atom is 0.0345 e. The maximum absolute atomic E-state index is 3.04. The van der Waals surface area contributed by atoms with E-state index in [1.807, 2.05) is 23.5 Å². The number of hydrogen-bond acceptors (Lipinski definition) is 1. The molecule has 2 aromatic rings. The van der Waals surface area contributed by atoms with E-state index >= 15 is 0 Å². The zero-order chi connectivity index (χ0) is 9.80. The fourth-order valence-corrected chi connectivity index (χ4v) is 2.58. The predicted octanol–water partition coefficient (Wildman–Crippen LogP) is 4.17. The van der Waals surface area contributed by atoms with Gasteiger partial charge in [-0.1, -0.05) is 37.6 Å². The smallest absolute Gasteiger partial charge is 0.0345 e. The number of aryl methyl sites for hydroxylation is 1. The fraction of sp³-hybridized carbons (Fsp3) is 0.231. The van der Waals surface area contributed by atoms with Crippen molar-refractivity contribution < 1.29 is 0 Å². The molecule has 0 atom stereocenters. The highest BCUT2D eigenvalue weighted by Gasteiger charge is 2.00. The van der Waals surface area contributed by atoms with E-state index < -0.39 is 0 Å². The van der Waals surface area contributed by atoms with Crippen molar-refractivity contribution in [3.05, 3.63) is 47.3 Å². The molecule has 0 saturated heterocycles. The molecule has 0 unspecified atom stereocenters. The Morgan fingerprint density at radius 1 is 1.14 bits per heavy atom. The Kier molecular flexibility index (Phi) is 3.00. The molecule has 0 fully saturated rings. The minimum atomic E-state index is 1.20. The summed E-state index contributed by atoms with van der Waals surface area (Å²) in [4.78, 5) is 2.85. The standard InChI is InChI=1S/C13H13S/c1-2-6-12-9-10-13(14-12)11-7-4-3-5-8-11/h4-5,7-10H,2,6H2,1H3. The van der Waals surface area contributed by atoms with E-state index in [0.717, 1.165) is 0 Å². The lowest BCUT2D eigenvalue weighted by molar-refractivity contribution is 0.940. The first-order chi connectivity index (χ1) is 6.90. The fourth-order valence-electron chi connectivity index (χ4n) is 1.46. The average Bonchev–Trinajstić information content (AvgIpc) is 2.68. The van der Waals surface area contributed by atoms with Crippen molar-refractivity contribution in [3.8, 4) is 10.4 Å². The van der Waals surface area contributed by atoms with Crippen molar-refractivity contribution in [1.29, 1.82) is 0 Å². The molecule has 0 nitrogen and oxygen atoms in total. The summed E-state index contributed by atoms with van der Waals surface area (Å²) in [5.74, 6) is 0. The molecule has 1 radical (unpaired) electrons. The summed E-state index contributed by atoms with van der Waals surface area (Å²) < 4.78 is 0. The molecule has 0 saturated carbocycles. The molecule has 0 aliphatic carbocycles. The second-order valence-electron chi connectivity index (χ2n) is 3.30. The van der Waals surface area contributed by atoms with E-state index in [9.17, 15) is 0 Å². The van der Waals surface area contributed by atoms with Crippen molar-refractivity contribution >= 4 is 11.3 Å². The first kappa shape index (κ1) is 9.47. The van der Waals surface area contributed by atoms with E-state index in [1.54, 1.807) is 0 Å².